The van der Waals surface area contributed by atoms with Gasteiger partial charge in [0.25, 0.3) is 11.7 Å². The van der Waals surface area contributed by atoms with Gasteiger partial charge in [-0.25, -0.2) is 0 Å². The van der Waals surface area contributed by atoms with Crippen LogP contribution in [0.3, 0.4) is 0 Å². The summed E-state index contributed by atoms with van der Waals surface area (Å²) in [6.45, 7) is 0. The molecule has 5 nitrogen and oxygen atoms in total. The summed E-state index contributed by atoms with van der Waals surface area (Å²) in [6, 6.07) is 3.31. The van der Waals surface area contributed by atoms with Crippen LogP contribution in [-0.4, -0.2) is 20.9 Å². The SMILES string of the molecule is O=C(c1cccnc1)c1ncno1. The topological polar surface area (TPSA) is 68.9 Å². The summed E-state index contributed by atoms with van der Waals surface area (Å²) in [5, 5.41) is 3.34. The molecule has 0 aromatic carbocycles. The van der Waals surface area contributed by atoms with Crippen molar-refractivity contribution in [3.05, 3.63) is 42.3 Å². The second kappa shape index (κ2) is 3.14. The van der Waals surface area contributed by atoms with E-state index in [9.17, 15) is 4.79 Å². The Hall–Kier alpha value is -2.04. The fourth-order valence-corrected chi connectivity index (χ4v) is 0.894. The number of hydrogen-bond donors (Lipinski definition) is 0. The first-order chi connectivity index (χ1) is 6.38. The van der Waals surface area contributed by atoms with Gasteiger partial charge in [0.1, 0.15) is 0 Å². The first kappa shape index (κ1) is 7.60. The number of nitrogens with zero attached hydrogens (tertiary/aromatic N) is 3. The van der Waals surface area contributed by atoms with E-state index in [0.29, 0.717) is 5.56 Å². The quantitative estimate of drug-likeness (QED) is 0.628. The van der Waals surface area contributed by atoms with Gasteiger partial charge in [-0.05, 0) is 12.1 Å². The normalized spacial score (nSPS) is 9.85. The Kier molecular flexibility index (Phi) is 1.84. The third-order valence-corrected chi connectivity index (χ3v) is 1.48. The smallest absolute Gasteiger partial charge is 0.298 e. The molecule has 2 aromatic heterocycles. The minimum Gasteiger partial charge on any atom is -0.331 e. The Morgan fingerprint density at radius 2 is 2.38 bits per heavy atom. The van der Waals surface area contributed by atoms with Crippen LogP contribution in [0.2, 0.25) is 0 Å². The van der Waals surface area contributed by atoms with Gasteiger partial charge in [-0.2, -0.15) is 4.98 Å². The monoisotopic (exact) mass is 175 g/mol. The van der Waals surface area contributed by atoms with Crippen molar-refractivity contribution in [2.45, 2.75) is 0 Å². The highest BCUT2D eigenvalue weighted by atomic mass is 16.5. The summed E-state index contributed by atoms with van der Waals surface area (Å²) in [5.74, 6) is -0.335. The van der Waals surface area contributed by atoms with Crippen molar-refractivity contribution in [2.75, 3.05) is 0 Å². The van der Waals surface area contributed by atoms with Gasteiger partial charge in [0.15, 0.2) is 6.33 Å². The fraction of sp³-hybridized carbons (Fsp3) is 0. The highest BCUT2D eigenvalue weighted by molar-refractivity contribution is 6.05. The first-order valence-electron chi connectivity index (χ1n) is 3.59. The molecule has 0 saturated heterocycles. The van der Waals surface area contributed by atoms with Gasteiger partial charge in [-0.3, -0.25) is 9.78 Å². The number of carbonyl (C=O) groups excluding carboxylic acids is 1. The molecule has 0 aliphatic rings. The molecule has 0 N–H and O–H groups in total. The van der Waals surface area contributed by atoms with Crippen LogP contribution >= 0.6 is 0 Å². The second-order valence-electron chi connectivity index (χ2n) is 2.32. The molecule has 5 heteroatoms. The maximum absolute atomic E-state index is 11.5. The molecule has 0 unspecified atom stereocenters. The number of pyridine rings is 1. The van der Waals surface area contributed by atoms with Crippen LogP contribution in [0.4, 0.5) is 0 Å². The number of ketones is 1. The Labute approximate surface area is 73.4 Å². The summed E-state index contributed by atoms with van der Waals surface area (Å²) in [7, 11) is 0. The first-order valence-corrected chi connectivity index (χ1v) is 3.59. The van der Waals surface area contributed by atoms with E-state index in [1.54, 1.807) is 18.3 Å². The van der Waals surface area contributed by atoms with Gasteiger partial charge in [0.2, 0.25) is 0 Å². The van der Waals surface area contributed by atoms with Gasteiger partial charge in [-0.1, -0.05) is 5.16 Å². The van der Waals surface area contributed by atoms with Crippen molar-refractivity contribution in [1.82, 2.24) is 15.1 Å². The van der Waals surface area contributed by atoms with Crippen molar-refractivity contribution in [3.8, 4) is 0 Å². The van der Waals surface area contributed by atoms with Gasteiger partial charge >= 0.3 is 0 Å². The van der Waals surface area contributed by atoms with Crippen molar-refractivity contribution in [2.24, 2.45) is 0 Å². The van der Waals surface area contributed by atoms with Gasteiger partial charge in [-0.15, -0.1) is 0 Å². The lowest BCUT2D eigenvalue weighted by Gasteiger charge is -1.92. The van der Waals surface area contributed by atoms with Crippen molar-refractivity contribution >= 4 is 5.78 Å². The molecule has 0 aliphatic carbocycles. The fourth-order valence-electron chi connectivity index (χ4n) is 0.894. The molecule has 0 bridgehead atoms. The van der Waals surface area contributed by atoms with Crippen molar-refractivity contribution in [3.63, 3.8) is 0 Å². The molecule has 0 aliphatic heterocycles. The Bertz CT molecular complexity index is 397. The zero-order valence-electron chi connectivity index (χ0n) is 6.54. The van der Waals surface area contributed by atoms with Crippen LogP contribution in [0, 0.1) is 0 Å². The molecule has 13 heavy (non-hydrogen) atoms. The maximum Gasteiger partial charge on any atom is 0.298 e. The number of aromatic nitrogens is 3. The van der Waals surface area contributed by atoms with Crippen molar-refractivity contribution in [1.29, 1.82) is 0 Å². The minimum atomic E-state index is -0.314. The summed E-state index contributed by atoms with van der Waals surface area (Å²) in [4.78, 5) is 18.9. The molecule has 0 radical (unpaired) electrons. The van der Waals surface area contributed by atoms with E-state index in [-0.39, 0.29) is 11.7 Å². The molecule has 2 heterocycles. The molecule has 64 valence electrons. The molecular formula is C8H5N3O2. The number of carbonyl (C=O) groups is 1. The summed E-state index contributed by atoms with van der Waals surface area (Å²) in [5.41, 5.74) is 0.437. The predicted octanol–water partition coefficient (Wildman–Crippen LogP) is 0.696. The zero-order chi connectivity index (χ0) is 9.10. The van der Waals surface area contributed by atoms with Gasteiger partial charge in [0, 0.05) is 18.0 Å². The lowest BCUT2D eigenvalue weighted by atomic mass is 10.2. The largest absolute Gasteiger partial charge is 0.331 e. The van der Waals surface area contributed by atoms with Crippen LogP contribution in [0.5, 0.6) is 0 Å². The van der Waals surface area contributed by atoms with Crippen LogP contribution in [0.1, 0.15) is 16.2 Å². The van der Waals surface area contributed by atoms with Crippen molar-refractivity contribution < 1.29 is 9.32 Å². The summed E-state index contributed by atoms with van der Waals surface area (Å²) in [6.07, 6.45) is 4.22. The number of hydrogen-bond acceptors (Lipinski definition) is 5. The highest BCUT2D eigenvalue weighted by Crippen LogP contribution is 2.03. The molecule has 0 fully saturated rings. The molecule has 2 rings (SSSR count). The molecule has 0 atom stereocenters. The Balaban J connectivity index is 2.34. The third kappa shape index (κ3) is 1.44. The third-order valence-electron chi connectivity index (χ3n) is 1.48. The van der Waals surface area contributed by atoms with E-state index >= 15 is 0 Å². The minimum absolute atomic E-state index is 0.0204. The highest BCUT2D eigenvalue weighted by Gasteiger charge is 2.13. The van der Waals surface area contributed by atoms with E-state index in [4.69, 9.17) is 0 Å². The molecule has 0 spiro atoms. The van der Waals surface area contributed by atoms with Crippen LogP contribution in [-0.2, 0) is 0 Å². The molecular weight excluding hydrogens is 170 g/mol. The van der Waals surface area contributed by atoms with Crippen LogP contribution in [0.25, 0.3) is 0 Å². The van der Waals surface area contributed by atoms with Gasteiger partial charge < -0.3 is 4.52 Å². The summed E-state index contributed by atoms with van der Waals surface area (Å²) >= 11 is 0. The van der Waals surface area contributed by atoms with E-state index in [0.717, 1.165) is 0 Å². The van der Waals surface area contributed by atoms with Crippen LogP contribution < -0.4 is 0 Å². The van der Waals surface area contributed by atoms with E-state index in [1.165, 1.54) is 12.5 Å². The Morgan fingerprint density at radius 1 is 1.46 bits per heavy atom. The molecule has 0 saturated carbocycles. The second-order valence-corrected chi connectivity index (χ2v) is 2.32. The Morgan fingerprint density at radius 3 is 3.00 bits per heavy atom. The average molecular weight is 175 g/mol. The zero-order valence-corrected chi connectivity index (χ0v) is 6.54. The van der Waals surface area contributed by atoms with E-state index in [2.05, 4.69) is 19.6 Å². The van der Waals surface area contributed by atoms with Gasteiger partial charge in [0.05, 0.1) is 0 Å². The average Bonchev–Trinajstić information content (AvgIpc) is 2.71. The predicted molar refractivity (Wildman–Crippen MR) is 42.0 cm³/mol. The molecule has 2 aromatic rings. The summed E-state index contributed by atoms with van der Waals surface area (Å²) < 4.78 is 4.61. The van der Waals surface area contributed by atoms with E-state index < -0.39 is 0 Å². The van der Waals surface area contributed by atoms with E-state index in [1.807, 2.05) is 0 Å². The maximum atomic E-state index is 11.5. The lowest BCUT2D eigenvalue weighted by Crippen LogP contribution is -2.01. The standard InChI is InChI=1S/C8H5N3O2/c12-7(8-10-5-11-13-8)6-2-1-3-9-4-6/h1-5H. The number of rotatable bonds is 2. The van der Waals surface area contributed by atoms with Crippen LogP contribution in [0.15, 0.2) is 35.4 Å². The molecule has 0 amide bonds. The lowest BCUT2D eigenvalue weighted by molar-refractivity contribution is 0.0993.